The zero-order valence-corrected chi connectivity index (χ0v) is 88.8. The van der Waals surface area contributed by atoms with E-state index >= 15 is 0 Å². The Hall–Kier alpha value is -13.8. The van der Waals surface area contributed by atoms with Crippen molar-refractivity contribution in [2.24, 2.45) is 11.8 Å². The highest BCUT2D eigenvalue weighted by molar-refractivity contribution is 9.11. The van der Waals surface area contributed by atoms with Crippen molar-refractivity contribution in [3.63, 3.8) is 0 Å². The molecule has 5 atom stereocenters. The van der Waals surface area contributed by atoms with E-state index in [0.717, 1.165) is 155 Å². The van der Waals surface area contributed by atoms with Gasteiger partial charge >= 0.3 is 22.5 Å². The molecule has 0 amide bonds. The van der Waals surface area contributed by atoms with Gasteiger partial charge in [0.2, 0.25) is 0 Å². The summed E-state index contributed by atoms with van der Waals surface area (Å²) < 4.78 is 28.1. The first kappa shape index (κ1) is 103. The van der Waals surface area contributed by atoms with Gasteiger partial charge in [0.15, 0.2) is 10.5 Å². The van der Waals surface area contributed by atoms with E-state index in [-0.39, 0.29) is 74.6 Å². The van der Waals surface area contributed by atoms with Crippen molar-refractivity contribution in [2.75, 3.05) is 0 Å². The molecule has 145 heavy (non-hydrogen) atoms. The van der Waals surface area contributed by atoms with E-state index in [9.17, 15) is 49.5 Å². The predicted octanol–water partition coefficient (Wildman–Crippen LogP) is 34.2. The number of para-hydroxylation sites is 4. The van der Waals surface area contributed by atoms with E-state index in [1.807, 2.05) is 234 Å². The molecule has 20 aromatic rings. The lowest BCUT2D eigenvalue weighted by atomic mass is 9.73. The van der Waals surface area contributed by atoms with Crippen molar-refractivity contribution in [3.8, 4) is 83.7 Å². The summed E-state index contributed by atoms with van der Waals surface area (Å²) in [5, 5.41) is 57.2. The number of benzene rings is 15. The largest absolute Gasteiger partial charge is 0.507 e. The Morgan fingerprint density at radius 3 is 0.931 bits per heavy atom. The van der Waals surface area contributed by atoms with Gasteiger partial charge in [-0.15, -0.1) is 0 Å². The Kier molecular flexibility index (Phi) is 33.2. The molecule has 15 aromatic carbocycles. The number of hydrogen-bond donors (Lipinski definition) is 5. The minimum absolute atomic E-state index is 0.00698. The van der Waals surface area contributed by atoms with Gasteiger partial charge in [-0.2, -0.15) is 0 Å². The highest BCUT2D eigenvalue weighted by atomic mass is 79.9. The number of unbranched alkanes of at least 4 members (excludes halogenated alkanes) is 1. The van der Waals surface area contributed by atoms with E-state index in [4.69, 9.17) is 17.7 Å². The maximum absolute atomic E-state index is 13.1. The average Bonchev–Trinajstić information content (AvgIpc) is 0.774. The first-order valence-electron chi connectivity index (χ1n) is 48.3. The maximum Gasteiger partial charge on any atom is 0.343 e. The number of fused-ring (bicyclic) bond motifs is 5. The van der Waals surface area contributed by atoms with Gasteiger partial charge in [0.25, 0.3) is 0 Å². The second kappa shape index (κ2) is 46.9. The first-order chi connectivity index (χ1) is 70.2. The molecule has 5 unspecified atom stereocenters. The lowest BCUT2D eigenvalue weighted by molar-refractivity contribution is 0.317. The zero-order chi connectivity index (χ0) is 102. The first-order valence-corrected chi connectivity index (χ1v) is 53.1. The van der Waals surface area contributed by atoms with Crippen LogP contribution in [0.15, 0.2) is 428 Å². The molecule has 1 fully saturated rings. The summed E-state index contributed by atoms with van der Waals surface area (Å²) in [6, 6.07) is 118. The minimum atomic E-state index is -0.504. The Morgan fingerprint density at radius 2 is 0.572 bits per heavy atom. The number of aromatic hydroxyl groups is 5. The molecule has 0 spiro atoms. The van der Waals surface area contributed by atoms with Crippen molar-refractivity contribution < 1.29 is 43.2 Å². The fraction of sp³-hybridized carbons (Fsp3) is 0.160. The third-order valence-electron chi connectivity index (χ3n) is 27.1. The van der Waals surface area contributed by atoms with Crippen molar-refractivity contribution in [1.29, 1.82) is 0 Å². The molecule has 5 aromatic heterocycles. The smallest absolute Gasteiger partial charge is 0.343 e. The SMILES string of the molecule is CC(C)C(c1ccc(-c2ccc(Br)cc2)cc1)c1c(O)c2ccccc2oc1=O.CC(c1ccc(-c2ccc(Br)cc2)cc1)c1c(O)c2ccccc2oc1=O.CC(c1ccc(-c2ccc(Br)cc2)cc1)c1c(O)sc2ccccc2c1=O.CCCCC(c1ccc(-c2ccc(Br)cc2)cc1)c1c(O)c2ccccc2oc1=O.O=c1oc2ccccc2c(O)c1C(c1ccc(-c2ccc(Br)cc2)cc1)C1CCCCC1. The standard InChI is InChI=1S/C28H25BrO3.C26H23BrO3.C25H21BrO3.C23H17BrO3.C23H17BrO2S/c29-22-16-14-19(15-17-22)18-10-12-21(13-11-18)25(20-6-2-1-3-7-20)26-27(30)23-8-4-5-9-24(23)32-28(26)31;1-2-3-6-21(24-25(28)22-7-4-5-8-23(22)30-26(24)29)19-11-9-17(10-12-19)18-13-15-20(27)16-14-18;1-15(2)22(23-24(27)20-5-3-4-6-21(20)29-25(23)28)18-9-7-16(8-10-18)17-11-13-19(26)14-12-17;2*1-14(21-22(25)19-4-2-3-5-20(19)27-23(21)26)15-6-8-16(9-7-15)17-10-12-18(24)13-11-17/h4-5,8-17,20,25,30H,1-3,6-7H2;4-5,7-16,21,28H,2-3,6H2,1H3;3-15,22,27H,1-2H3;2-14,25H,1H3;2-14,26H,1H3. The van der Waals surface area contributed by atoms with E-state index < -0.39 is 22.5 Å². The van der Waals surface area contributed by atoms with Crippen LogP contribution in [-0.4, -0.2) is 25.5 Å². The summed E-state index contributed by atoms with van der Waals surface area (Å²) in [6.45, 7) is 10.1. The van der Waals surface area contributed by atoms with Gasteiger partial charge in [0, 0.05) is 62.0 Å². The molecule has 0 bridgehead atoms. The monoisotopic (exact) mass is 2250 g/mol. The van der Waals surface area contributed by atoms with Gasteiger partial charge in [-0.3, -0.25) is 4.79 Å². The maximum atomic E-state index is 13.1. The third kappa shape index (κ3) is 23.6. The Bertz CT molecular complexity index is 8190. The summed E-state index contributed by atoms with van der Waals surface area (Å²) in [4.78, 5) is 64.1. The highest BCUT2D eigenvalue weighted by Crippen LogP contribution is 2.47. The molecule has 0 saturated heterocycles. The second-order valence-electron chi connectivity index (χ2n) is 36.6. The van der Waals surface area contributed by atoms with E-state index in [1.165, 1.54) is 17.8 Å². The van der Waals surface area contributed by atoms with Crippen molar-refractivity contribution in [2.45, 2.75) is 116 Å². The number of halogens is 5. The third-order valence-corrected chi connectivity index (χ3v) is 30.8. The van der Waals surface area contributed by atoms with Crippen LogP contribution in [0.4, 0.5) is 0 Å². The second-order valence-corrected chi connectivity index (χ2v) is 42.2. The highest BCUT2D eigenvalue weighted by Gasteiger charge is 2.34. The van der Waals surface area contributed by atoms with Gasteiger partial charge in [0.05, 0.1) is 49.4 Å². The van der Waals surface area contributed by atoms with Crippen LogP contribution >= 0.6 is 91.0 Å². The minimum Gasteiger partial charge on any atom is -0.507 e. The van der Waals surface area contributed by atoms with Gasteiger partial charge in [-0.1, -0.05) is 400 Å². The molecule has 20 heteroatoms. The molecule has 1 aliphatic rings. The van der Waals surface area contributed by atoms with E-state index in [1.54, 1.807) is 60.7 Å². The summed E-state index contributed by atoms with van der Waals surface area (Å²) in [7, 11) is 0. The van der Waals surface area contributed by atoms with Gasteiger partial charge in [-0.05, 0) is 236 Å². The fourth-order valence-electron chi connectivity index (χ4n) is 19.4. The Morgan fingerprint density at radius 1 is 0.297 bits per heavy atom. The number of hydrogen-bond acceptors (Lipinski definition) is 15. The predicted molar refractivity (Wildman–Crippen MR) is 606 cm³/mol. The van der Waals surface area contributed by atoms with Gasteiger partial charge in [-0.25, -0.2) is 19.2 Å². The van der Waals surface area contributed by atoms with Crippen LogP contribution < -0.4 is 27.9 Å². The molecule has 5 heterocycles. The van der Waals surface area contributed by atoms with Gasteiger partial charge < -0.3 is 43.2 Å². The summed E-state index contributed by atoms with van der Waals surface area (Å²) in [6.07, 6.45) is 8.35. The molecule has 14 nitrogen and oxygen atoms in total. The zero-order valence-electron chi connectivity index (χ0n) is 80.0. The summed E-state index contributed by atoms with van der Waals surface area (Å²) >= 11 is 18.6. The normalized spacial score (nSPS) is 13.0. The van der Waals surface area contributed by atoms with Gasteiger partial charge in [0.1, 0.15) is 45.3 Å². The van der Waals surface area contributed by atoms with E-state index in [2.05, 4.69) is 184 Å². The average molecular weight is 2260 g/mol. The van der Waals surface area contributed by atoms with E-state index in [0.29, 0.717) is 77.4 Å². The summed E-state index contributed by atoms with van der Waals surface area (Å²) in [5.74, 6) is -0.652. The van der Waals surface area contributed by atoms with Crippen LogP contribution in [-0.2, 0) is 0 Å². The quantitative estimate of drug-likeness (QED) is 0.0446. The lowest BCUT2D eigenvalue weighted by Crippen LogP contribution is -2.23. The molecule has 728 valence electrons. The molecule has 1 saturated carbocycles. The van der Waals surface area contributed by atoms with Crippen LogP contribution in [0, 0.1) is 11.8 Å². The van der Waals surface area contributed by atoms with Crippen LogP contribution in [0.1, 0.15) is 171 Å². The van der Waals surface area contributed by atoms with Crippen LogP contribution in [0.2, 0.25) is 0 Å². The molecule has 21 rings (SSSR count). The van der Waals surface area contributed by atoms with Crippen LogP contribution in [0.5, 0.6) is 28.1 Å². The van der Waals surface area contributed by atoms with Crippen molar-refractivity contribution >= 4 is 145 Å². The number of rotatable bonds is 20. The molecule has 5 N–H and O–H groups in total. The molecule has 0 aliphatic heterocycles. The Labute approximate surface area is 885 Å². The van der Waals surface area contributed by atoms with Crippen LogP contribution in [0.3, 0.4) is 0 Å². The molecule has 0 radical (unpaired) electrons. The fourth-order valence-corrected chi connectivity index (χ4v) is 21.7. The molecule has 1 aliphatic carbocycles. The Balaban J connectivity index is 0.000000124. The van der Waals surface area contributed by atoms with Crippen LogP contribution in [0.25, 0.3) is 110 Å². The topological polar surface area (TPSA) is 239 Å². The lowest BCUT2D eigenvalue weighted by Gasteiger charge is -2.31. The molecular formula is C125H103Br5O14S. The molecular weight excluding hydrogens is 2160 g/mol. The van der Waals surface area contributed by atoms with Crippen molar-refractivity contribution in [1.82, 2.24) is 0 Å². The summed E-state index contributed by atoms with van der Waals surface area (Å²) in [5.41, 5.74) is 17.6. The van der Waals surface area contributed by atoms with Crippen molar-refractivity contribution in [3.05, 3.63) is 494 Å².